The number of benzene rings is 2. The Morgan fingerprint density at radius 3 is 2.43 bits per heavy atom. The number of methoxy groups -OCH3 is 2. The molecule has 30 heavy (non-hydrogen) atoms. The maximum absolute atomic E-state index is 12.9. The number of aromatic nitrogens is 1. The minimum atomic E-state index is 0.0393. The molecule has 1 aromatic heterocycles. The van der Waals surface area contributed by atoms with E-state index in [9.17, 15) is 4.79 Å². The Morgan fingerprint density at radius 1 is 0.933 bits per heavy atom. The molecule has 0 aliphatic carbocycles. The first-order valence-corrected chi connectivity index (χ1v) is 10.1. The number of amides is 1. The van der Waals surface area contributed by atoms with Crippen LogP contribution in [0.4, 0.5) is 0 Å². The lowest BCUT2D eigenvalue weighted by atomic mass is 10.2. The summed E-state index contributed by atoms with van der Waals surface area (Å²) in [7, 11) is 3.28. The van der Waals surface area contributed by atoms with Gasteiger partial charge >= 0.3 is 0 Å². The third kappa shape index (κ3) is 4.52. The van der Waals surface area contributed by atoms with Gasteiger partial charge < -0.3 is 24.1 Å². The van der Waals surface area contributed by atoms with Gasteiger partial charge in [0.05, 0.1) is 14.2 Å². The number of ether oxygens (including phenoxy) is 3. The first kappa shape index (κ1) is 20.1. The number of nitrogens with zero attached hydrogens (tertiary/aromatic N) is 2. The number of carbonyl (C=O) groups is 1. The fraction of sp³-hybridized carbons (Fsp3) is 0.348. The molecule has 158 valence electrons. The maximum Gasteiger partial charge on any atom is 0.270 e. The number of carbonyl (C=O) groups excluding carboxylic acids is 1. The quantitative estimate of drug-likeness (QED) is 0.650. The molecule has 0 atom stereocenters. The normalized spacial score (nSPS) is 14.7. The fourth-order valence-electron chi connectivity index (χ4n) is 3.68. The van der Waals surface area contributed by atoms with Crippen molar-refractivity contribution in [3.8, 4) is 17.2 Å². The van der Waals surface area contributed by atoms with E-state index in [0.29, 0.717) is 25.4 Å². The fourth-order valence-corrected chi connectivity index (χ4v) is 3.68. The topological polar surface area (TPSA) is 67.0 Å². The van der Waals surface area contributed by atoms with Gasteiger partial charge in [0.2, 0.25) is 0 Å². The van der Waals surface area contributed by atoms with Crippen molar-refractivity contribution in [3.63, 3.8) is 0 Å². The number of rotatable bonds is 7. The molecule has 0 bridgehead atoms. The molecule has 0 unspecified atom stereocenters. The molecule has 7 nitrogen and oxygen atoms in total. The summed E-state index contributed by atoms with van der Waals surface area (Å²) in [4.78, 5) is 20.3. The Balaban J connectivity index is 1.27. The third-order valence-corrected chi connectivity index (χ3v) is 5.44. The van der Waals surface area contributed by atoms with Gasteiger partial charge in [-0.15, -0.1) is 0 Å². The number of fused-ring (bicyclic) bond motifs is 1. The highest BCUT2D eigenvalue weighted by Gasteiger charge is 2.23. The van der Waals surface area contributed by atoms with Gasteiger partial charge in [0.1, 0.15) is 29.5 Å². The summed E-state index contributed by atoms with van der Waals surface area (Å²) >= 11 is 0. The van der Waals surface area contributed by atoms with Crippen molar-refractivity contribution in [2.75, 3.05) is 53.6 Å². The lowest BCUT2D eigenvalue weighted by Crippen LogP contribution is -2.49. The van der Waals surface area contributed by atoms with Crippen LogP contribution in [-0.4, -0.2) is 74.2 Å². The first-order valence-electron chi connectivity index (χ1n) is 10.1. The molecule has 0 radical (unpaired) electrons. The smallest absolute Gasteiger partial charge is 0.270 e. The summed E-state index contributed by atoms with van der Waals surface area (Å²) in [5.41, 5.74) is 1.53. The Bertz CT molecular complexity index is 1010. The molecule has 1 amide bonds. The average molecular weight is 409 g/mol. The van der Waals surface area contributed by atoms with Gasteiger partial charge in [0, 0.05) is 55.8 Å². The van der Waals surface area contributed by atoms with Gasteiger partial charge in [-0.1, -0.05) is 6.07 Å². The number of H-pyrrole nitrogens is 1. The van der Waals surface area contributed by atoms with Crippen LogP contribution in [0.25, 0.3) is 10.9 Å². The van der Waals surface area contributed by atoms with Crippen molar-refractivity contribution in [1.82, 2.24) is 14.8 Å². The standard InChI is InChI=1S/C23H27N3O4/c1-28-18-4-3-5-20(15-18)30-13-12-25-8-10-26(11-9-25)23(27)22-14-17-6-7-19(29-2)16-21(17)24-22/h3-7,14-16,24H,8-13H2,1-2H3. The maximum atomic E-state index is 12.9. The average Bonchev–Trinajstić information content (AvgIpc) is 3.22. The van der Waals surface area contributed by atoms with Gasteiger partial charge in [-0.3, -0.25) is 9.69 Å². The predicted octanol–water partition coefficient (Wildman–Crippen LogP) is 3.02. The molecule has 1 saturated heterocycles. The van der Waals surface area contributed by atoms with Crippen LogP contribution in [0.3, 0.4) is 0 Å². The van der Waals surface area contributed by atoms with E-state index in [4.69, 9.17) is 14.2 Å². The van der Waals surface area contributed by atoms with E-state index in [1.54, 1.807) is 14.2 Å². The summed E-state index contributed by atoms with van der Waals surface area (Å²) in [5.74, 6) is 2.40. The highest BCUT2D eigenvalue weighted by Crippen LogP contribution is 2.22. The summed E-state index contributed by atoms with van der Waals surface area (Å²) in [6, 6.07) is 15.3. The van der Waals surface area contributed by atoms with Crippen molar-refractivity contribution in [3.05, 3.63) is 54.2 Å². The van der Waals surface area contributed by atoms with E-state index in [0.717, 1.165) is 47.8 Å². The van der Waals surface area contributed by atoms with Gasteiger partial charge in [0.25, 0.3) is 5.91 Å². The molecular weight excluding hydrogens is 382 g/mol. The van der Waals surface area contributed by atoms with Gasteiger partial charge in [-0.2, -0.15) is 0 Å². The second-order valence-corrected chi connectivity index (χ2v) is 7.30. The van der Waals surface area contributed by atoms with E-state index < -0.39 is 0 Å². The molecule has 1 N–H and O–H groups in total. The molecule has 1 aliphatic rings. The van der Waals surface area contributed by atoms with Crippen LogP contribution in [0.15, 0.2) is 48.5 Å². The second kappa shape index (κ2) is 9.09. The Kier molecular flexibility index (Phi) is 6.09. The van der Waals surface area contributed by atoms with Crippen LogP contribution < -0.4 is 14.2 Å². The van der Waals surface area contributed by atoms with Crippen molar-refractivity contribution in [2.45, 2.75) is 0 Å². The summed E-state index contributed by atoms with van der Waals surface area (Å²) in [5, 5.41) is 1.01. The van der Waals surface area contributed by atoms with E-state index in [1.165, 1.54) is 0 Å². The zero-order chi connectivity index (χ0) is 20.9. The molecule has 0 spiro atoms. The predicted molar refractivity (Wildman–Crippen MR) is 116 cm³/mol. The van der Waals surface area contributed by atoms with Crippen molar-refractivity contribution >= 4 is 16.8 Å². The van der Waals surface area contributed by atoms with Crippen molar-refractivity contribution < 1.29 is 19.0 Å². The lowest BCUT2D eigenvalue weighted by molar-refractivity contribution is 0.0615. The zero-order valence-electron chi connectivity index (χ0n) is 17.4. The van der Waals surface area contributed by atoms with Crippen LogP contribution >= 0.6 is 0 Å². The molecule has 2 aromatic carbocycles. The summed E-state index contributed by atoms with van der Waals surface area (Å²) in [6.07, 6.45) is 0. The Morgan fingerprint density at radius 2 is 1.67 bits per heavy atom. The molecule has 3 aromatic rings. The first-order chi connectivity index (χ1) is 14.7. The molecule has 1 aliphatic heterocycles. The van der Waals surface area contributed by atoms with E-state index in [-0.39, 0.29) is 5.91 Å². The highest BCUT2D eigenvalue weighted by molar-refractivity contribution is 5.98. The van der Waals surface area contributed by atoms with Crippen molar-refractivity contribution in [2.24, 2.45) is 0 Å². The van der Waals surface area contributed by atoms with Crippen LogP contribution in [0.1, 0.15) is 10.5 Å². The van der Waals surface area contributed by atoms with Crippen LogP contribution in [0.5, 0.6) is 17.2 Å². The van der Waals surface area contributed by atoms with Crippen LogP contribution in [-0.2, 0) is 0 Å². The third-order valence-electron chi connectivity index (χ3n) is 5.44. The van der Waals surface area contributed by atoms with E-state index in [2.05, 4.69) is 9.88 Å². The molecule has 2 heterocycles. The molecular formula is C23H27N3O4. The SMILES string of the molecule is COc1cccc(OCCN2CCN(C(=O)c3cc4ccc(OC)cc4[nH]3)CC2)c1. The van der Waals surface area contributed by atoms with E-state index >= 15 is 0 Å². The van der Waals surface area contributed by atoms with Gasteiger partial charge in [-0.05, 0) is 30.3 Å². The second-order valence-electron chi connectivity index (χ2n) is 7.30. The molecule has 7 heteroatoms. The molecule has 1 fully saturated rings. The zero-order valence-corrected chi connectivity index (χ0v) is 17.4. The largest absolute Gasteiger partial charge is 0.497 e. The van der Waals surface area contributed by atoms with Crippen LogP contribution in [0, 0.1) is 0 Å². The number of hydrogen-bond donors (Lipinski definition) is 1. The minimum absolute atomic E-state index is 0.0393. The Labute approximate surface area is 176 Å². The lowest BCUT2D eigenvalue weighted by Gasteiger charge is -2.34. The number of aromatic amines is 1. The van der Waals surface area contributed by atoms with Crippen molar-refractivity contribution in [1.29, 1.82) is 0 Å². The number of piperazine rings is 1. The monoisotopic (exact) mass is 409 g/mol. The van der Waals surface area contributed by atoms with E-state index in [1.807, 2.05) is 53.4 Å². The number of nitrogens with one attached hydrogen (secondary N) is 1. The summed E-state index contributed by atoms with van der Waals surface area (Å²) in [6.45, 7) is 4.51. The number of hydrogen-bond acceptors (Lipinski definition) is 5. The summed E-state index contributed by atoms with van der Waals surface area (Å²) < 4.78 is 16.3. The molecule has 0 saturated carbocycles. The van der Waals surface area contributed by atoms with Crippen LogP contribution in [0.2, 0.25) is 0 Å². The highest BCUT2D eigenvalue weighted by atomic mass is 16.5. The Hall–Kier alpha value is -3.19. The molecule has 4 rings (SSSR count). The van der Waals surface area contributed by atoms with Gasteiger partial charge in [-0.25, -0.2) is 0 Å². The minimum Gasteiger partial charge on any atom is -0.497 e. The van der Waals surface area contributed by atoms with Gasteiger partial charge in [0.15, 0.2) is 0 Å².